The molecule has 1 amide bonds. The molecule has 5 aromatic carbocycles. The third-order valence-corrected chi connectivity index (χ3v) is 11.3. The Morgan fingerprint density at radius 1 is 0.700 bits per heavy atom. The summed E-state index contributed by atoms with van der Waals surface area (Å²) in [6, 6.07) is 42.5. The van der Waals surface area contributed by atoms with E-state index in [1.54, 1.807) is 64.4 Å². The molecule has 2 heterocycles. The lowest BCUT2D eigenvalue weighted by Crippen LogP contribution is -2.36. The standard InChI is InChI=1S/C54H55N7O9/c1-6-44(62)26-31-48(64)68-34-38(35-69-54(39-16-10-7-11-17-39,40-22-27-46(66-4)28-23-40)41-24-29-47(67-5)30-25-41)32-45(63)33-60-37-55-49-50(56-36-59(2)3)57-52(58-51(49)60)70-53(65)61(42-18-12-8-13-19-42)43-20-14-9-15-21-43/h7-25,27-30,36-38H,6,26,31-35H2,1-5H3/t38-/m1/s1. The van der Waals surface area contributed by atoms with Crippen molar-refractivity contribution >= 4 is 58.3 Å². The Labute approximate surface area is 406 Å². The number of rotatable bonds is 23. The number of esters is 1. The quantitative estimate of drug-likeness (QED) is 0.0257. The van der Waals surface area contributed by atoms with Gasteiger partial charge in [-0.1, -0.05) is 97.9 Å². The fourth-order valence-corrected chi connectivity index (χ4v) is 7.73. The number of para-hydroxylation sites is 2. The summed E-state index contributed by atoms with van der Waals surface area (Å²) in [5, 5.41) is 0. The molecule has 0 saturated carbocycles. The van der Waals surface area contributed by atoms with Crippen LogP contribution in [0.4, 0.5) is 22.0 Å². The minimum Gasteiger partial charge on any atom is -0.497 e. The van der Waals surface area contributed by atoms with Crippen molar-refractivity contribution in [3.63, 3.8) is 0 Å². The Balaban J connectivity index is 1.21. The Bertz CT molecular complexity index is 2790. The van der Waals surface area contributed by atoms with Crippen molar-refractivity contribution in [2.75, 3.05) is 46.4 Å². The minimum atomic E-state index is -1.23. The van der Waals surface area contributed by atoms with E-state index in [1.165, 1.54) is 22.1 Å². The van der Waals surface area contributed by atoms with Gasteiger partial charge in [0.25, 0.3) is 0 Å². The summed E-state index contributed by atoms with van der Waals surface area (Å²) >= 11 is 0. The number of carbonyl (C=O) groups is 4. The Morgan fingerprint density at radius 2 is 1.26 bits per heavy atom. The number of hydrogen-bond acceptors (Lipinski definition) is 13. The molecule has 0 aliphatic carbocycles. The highest BCUT2D eigenvalue weighted by molar-refractivity contribution is 5.97. The maximum Gasteiger partial charge on any atom is 0.426 e. The zero-order chi connectivity index (χ0) is 49.5. The molecule has 7 rings (SSSR count). The third kappa shape index (κ3) is 12.3. The summed E-state index contributed by atoms with van der Waals surface area (Å²) in [4.78, 5) is 74.8. The van der Waals surface area contributed by atoms with Crippen molar-refractivity contribution in [1.82, 2.24) is 24.4 Å². The zero-order valence-corrected chi connectivity index (χ0v) is 39.8. The molecule has 16 heteroatoms. The van der Waals surface area contributed by atoms with Crippen LogP contribution in [0.15, 0.2) is 151 Å². The third-order valence-electron chi connectivity index (χ3n) is 11.3. The van der Waals surface area contributed by atoms with Crippen molar-refractivity contribution in [1.29, 1.82) is 0 Å². The summed E-state index contributed by atoms with van der Waals surface area (Å²) in [7, 11) is 6.77. The Hall–Kier alpha value is -8.24. The zero-order valence-electron chi connectivity index (χ0n) is 39.8. The Kier molecular flexibility index (Phi) is 16.8. The normalized spacial score (nSPS) is 11.8. The van der Waals surface area contributed by atoms with Gasteiger partial charge in [-0.25, -0.2) is 19.7 Å². The molecule has 360 valence electrons. The molecule has 0 fully saturated rings. The number of Topliss-reactive ketones (excluding diaryl/α,β-unsaturated/α-hetero) is 2. The van der Waals surface area contributed by atoms with E-state index in [0.29, 0.717) is 29.3 Å². The summed E-state index contributed by atoms with van der Waals surface area (Å²) in [6.07, 6.45) is 2.33. The fraction of sp³-hybridized carbons (Fsp3) is 0.259. The molecule has 1 atom stereocenters. The number of aromatic nitrogens is 4. The maximum atomic E-state index is 14.4. The molecule has 0 bridgehead atoms. The molecule has 7 aromatic rings. The number of benzene rings is 5. The van der Waals surface area contributed by atoms with E-state index in [4.69, 9.17) is 23.7 Å². The number of carbonyl (C=O) groups excluding carboxylic acids is 4. The molecule has 0 aliphatic heterocycles. The van der Waals surface area contributed by atoms with Crippen LogP contribution in [0.5, 0.6) is 17.5 Å². The topological polar surface area (TPSA) is 177 Å². The number of anilines is 2. The van der Waals surface area contributed by atoms with E-state index in [0.717, 1.165) is 16.7 Å². The molecule has 0 radical (unpaired) electrons. The first kappa shape index (κ1) is 49.7. The smallest absolute Gasteiger partial charge is 0.426 e. The molecule has 0 unspecified atom stereocenters. The van der Waals surface area contributed by atoms with E-state index in [9.17, 15) is 19.2 Å². The average molecular weight is 946 g/mol. The molecule has 70 heavy (non-hydrogen) atoms. The van der Waals surface area contributed by atoms with E-state index in [-0.39, 0.29) is 73.6 Å². The number of ketones is 2. The molecule has 0 N–H and O–H groups in total. The number of ether oxygens (including phenoxy) is 5. The van der Waals surface area contributed by atoms with E-state index in [1.807, 2.05) is 115 Å². The van der Waals surface area contributed by atoms with Crippen LogP contribution in [0.1, 0.15) is 49.3 Å². The van der Waals surface area contributed by atoms with Gasteiger partial charge in [-0.2, -0.15) is 9.97 Å². The molecule has 2 aromatic heterocycles. The van der Waals surface area contributed by atoms with Gasteiger partial charge in [0.2, 0.25) is 0 Å². The lowest BCUT2D eigenvalue weighted by atomic mass is 9.79. The first-order valence-corrected chi connectivity index (χ1v) is 22.7. The summed E-state index contributed by atoms with van der Waals surface area (Å²) in [6.45, 7) is 1.27. The largest absolute Gasteiger partial charge is 0.497 e. The van der Waals surface area contributed by atoms with Crippen molar-refractivity contribution in [3.05, 3.63) is 163 Å². The van der Waals surface area contributed by atoms with Gasteiger partial charge >= 0.3 is 18.1 Å². The average Bonchev–Trinajstić information content (AvgIpc) is 3.79. The molecule has 0 spiro atoms. The maximum absolute atomic E-state index is 14.4. The number of fused-ring (bicyclic) bond motifs is 1. The van der Waals surface area contributed by atoms with Crippen LogP contribution in [-0.4, -0.2) is 95.9 Å². The van der Waals surface area contributed by atoms with Gasteiger partial charge in [0, 0.05) is 39.3 Å². The summed E-state index contributed by atoms with van der Waals surface area (Å²) < 4.78 is 31.4. The highest BCUT2D eigenvalue weighted by Crippen LogP contribution is 2.42. The number of methoxy groups -OCH3 is 2. The van der Waals surface area contributed by atoms with Crippen molar-refractivity contribution < 1.29 is 42.9 Å². The monoisotopic (exact) mass is 945 g/mol. The number of hydrogen-bond donors (Lipinski definition) is 0. The van der Waals surface area contributed by atoms with Crippen LogP contribution >= 0.6 is 0 Å². The van der Waals surface area contributed by atoms with Gasteiger partial charge in [-0.3, -0.25) is 14.4 Å². The fourth-order valence-electron chi connectivity index (χ4n) is 7.73. The molecular weight excluding hydrogens is 891 g/mol. The highest BCUT2D eigenvalue weighted by Gasteiger charge is 2.39. The molecule has 16 nitrogen and oxygen atoms in total. The molecule has 0 aliphatic rings. The second-order valence-electron chi connectivity index (χ2n) is 16.5. The Morgan fingerprint density at radius 3 is 1.80 bits per heavy atom. The molecular formula is C54H55N7O9. The van der Waals surface area contributed by atoms with Crippen molar-refractivity contribution in [3.8, 4) is 17.5 Å². The van der Waals surface area contributed by atoms with Gasteiger partial charge in [-0.05, 0) is 65.2 Å². The molecule has 0 saturated heterocycles. The first-order valence-electron chi connectivity index (χ1n) is 22.7. The number of amides is 1. The second kappa shape index (κ2) is 23.7. The van der Waals surface area contributed by atoms with Crippen LogP contribution in [-0.2, 0) is 36.0 Å². The predicted molar refractivity (Wildman–Crippen MR) is 265 cm³/mol. The van der Waals surface area contributed by atoms with Crippen molar-refractivity contribution in [2.24, 2.45) is 10.9 Å². The van der Waals surface area contributed by atoms with Crippen LogP contribution < -0.4 is 19.1 Å². The first-order chi connectivity index (χ1) is 34.0. The number of imidazole rings is 1. The summed E-state index contributed by atoms with van der Waals surface area (Å²) in [5.41, 5.74) is 2.66. The highest BCUT2D eigenvalue weighted by atomic mass is 16.6. The van der Waals surface area contributed by atoms with E-state index >= 15 is 0 Å². The summed E-state index contributed by atoms with van der Waals surface area (Å²) in [5.74, 6) is -0.181. The van der Waals surface area contributed by atoms with Gasteiger partial charge in [-0.15, -0.1) is 0 Å². The number of aliphatic imine (C=N–C) groups is 1. The van der Waals surface area contributed by atoms with Crippen LogP contribution in [0, 0.1) is 5.92 Å². The van der Waals surface area contributed by atoms with E-state index < -0.39 is 23.6 Å². The van der Waals surface area contributed by atoms with Gasteiger partial charge in [0.1, 0.15) is 22.9 Å². The van der Waals surface area contributed by atoms with Crippen molar-refractivity contribution in [2.45, 2.75) is 44.8 Å². The van der Waals surface area contributed by atoms with Crippen LogP contribution in [0.2, 0.25) is 0 Å². The SMILES string of the molecule is CCC(=O)CCC(=O)OC[C@H](COC(c1ccccc1)(c1ccc(OC)cc1)c1ccc(OC)cc1)CC(=O)Cn1cnc2c(N=CN(C)C)nc(OC(=O)N(c3ccccc3)c3ccccc3)nc21. The van der Waals surface area contributed by atoms with Gasteiger partial charge in [0.15, 0.2) is 22.8 Å². The minimum absolute atomic E-state index is 0.0471. The predicted octanol–water partition coefficient (Wildman–Crippen LogP) is 9.29. The van der Waals surface area contributed by atoms with Crippen LogP contribution in [0.3, 0.4) is 0 Å². The lowest BCUT2D eigenvalue weighted by Gasteiger charge is -2.37. The van der Waals surface area contributed by atoms with Gasteiger partial charge in [0.05, 0.1) is 64.4 Å². The van der Waals surface area contributed by atoms with Crippen LogP contribution in [0.25, 0.3) is 11.2 Å². The van der Waals surface area contributed by atoms with Gasteiger partial charge < -0.3 is 33.2 Å². The van der Waals surface area contributed by atoms with E-state index in [2.05, 4.69) is 19.9 Å². The second-order valence-corrected chi connectivity index (χ2v) is 16.5. The lowest BCUT2D eigenvalue weighted by molar-refractivity contribution is -0.148. The number of nitrogens with zero attached hydrogens (tertiary/aromatic N) is 7.